The summed E-state index contributed by atoms with van der Waals surface area (Å²) in [7, 11) is 0. The summed E-state index contributed by atoms with van der Waals surface area (Å²) in [5.41, 5.74) is 0.839. The Morgan fingerprint density at radius 1 is 1.00 bits per heavy atom. The standard InChI is InChI=1S/C13H14N3O2/c17-14-10-13-4-8-16(9-5-13)12-18-11-15-6-2-1-3-7-15/h1-10H,11-12H2/q+1/p+1. The Hall–Kier alpha value is -2.27. The lowest BCUT2D eigenvalue weighted by molar-refractivity contribution is -0.788. The molecular weight excluding hydrogens is 230 g/mol. The van der Waals surface area contributed by atoms with Gasteiger partial charge in [-0.2, -0.15) is 9.13 Å². The van der Waals surface area contributed by atoms with Crippen LogP contribution in [0, 0.1) is 0 Å². The molecule has 92 valence electrons. The van der Waals surface area contributed by atoms with Gasteiger partial charge in [-0.25, -0.2) is 0 Å². The summed E-state index contributed by atoms with van der Waals surface area (Å²) in [6.07, 6.45) is 9.02. The van der Waals surface area contributed by atoms with Crippen molar-refractivity contribution in [3.05, 3.63) is 60.7 Å². The first-order valence-corrected chi connectivity index (χ1v) is 5.57. The Morgan fingerprint density at radius 3 is 2.22 bits per heavy atom. The predicted molar refractivity (Wildman–Crippen MR) is 63.7 cm³/mol. The molecule has 0 aliphatic carbocycles. The molecule has 0 bridgehead atoms. The van der Waals surface area contributed by atoms with E-state index in [2.05, 4.69) is 5.16 Å². The number of hydrogen-bond acceptors (Lipinski definition) is 3. The zero-order valence-corrected chi connectivity index (χ0v) is 9.88. The van der Waals surface area contributed by atoms with Crippen LogP contribution >= 0.6 is 0 Å². The van der Waals surface area contributed by atoms with Gasteiger partial charge in [0, 0.05) is 29.8 Å². The highest BCUT2D eigenvalue weighted by Gasteiger charge is 2.02. The van der Waals surface area contributed by atoms with Crippen LogP contribution in [0.25, 0.3) is 0 Å². The van der Waals surface area contributed by atoms with Crippen molar-refractivity contribution >= 4 is 6.21 Å². The quantitative estimate of drug-likeness (QED) is 0.365. The third-order valence-corrected chi connectivity index (χ3v) is 2.38. The second-order valence-corrected chi connectivity index (χ2v) is 3.74. The van der Waals surface area contributed by atoms with Crippen LogP contribution in [-0.4, -0.2) is 11.4 Å². The predicted octanol–water partition coefficient (Wildman–Crippen LogP) is 0.701. The lowest BCUT2D eigenvalue weighted by atomic mass is 10.3. The summed E-state index contributed by atoms with van der Waals surface area (Å²) >= 11 is 0. The molecule has 0 radical (unpaired) electrons. The van der Waals surface area contributed by atoms with Crippen LogP contribution in [0.3, 0.4) is 0 Å². The van der Waals surface area contributed by atoms with Gasteiger partial charge < -0.3 is 5.21 Å². The molecule has 0 atom stereocenters. The Bertz CT molecular complexity index is 497. The van der Waals surface area contributed by atoms with Crippen molar-refractivity contribution in [2.45, 2.75) is 13.5 Å². The SMILES string of the molecule is O/N=C\c1cc[n+](COC[n+]2ccccc2)cc1. The largest absolute Gasteiger partial charge is 0.411 e. The number of hydrogen-bond donors (Lipinski definition) is 1. The van der Waals surface area contributed by atoms with Gasteiger partial charge >= 0.3 is 0 Å². The number of pyridine rings is 2. The van der Waals surface area contributed by atoms with Gasteiger partial charge in [0.15, 0.2) is 24.8 Å². The molecule has 0 fully saturated rings. The lowest BCUT2D eigenvalue weighted by Crippen LogP contribution is -2.39. The highest BCUT2D eigenvalue weighted by atomic mass is 16.5. The first-order chi connectivity index (χ1) is 8.88. The van der Waals surface area contributed by atoms with Crippen molar-refractivity contribution in [1.29, 1.82) is 0 Å². The van der Waals surface area contributed by atoms with Gasteiger partial charge in [0.05, 0.1) is 6.21 Å². The number of rotatable bonds is 5. The minimum absolute atomic E-state index is 0.471. The minimum Gasteiger partial charge on any atom is -0.411 e. The molecular formula is C13H15N3O2+2. The molecule has 0 aliphatic heterocycles. The van der Waals surface area contributed by atoms with E-state index in [4.69, 9.17) is 9.94 Å². The molecule has 2 rings (SSSR count). The van der Waals surface area contributed by atoms with Gasteiger partial charge in [-0.05, 0) is 0 Å². The average Bonchev–Trinajstić information content (AvgIpc) is 2.42. The second kappa shape index (κ2) is 6.46. The molecule has 0 saturated carbocycles. The van der Waals surface area contributed by atoms with Crippen LogP contribution < -0.4 is 9.13 Å². The van der Waals surface area contributed by atoms with E-state index < -0.39 is 0 Å². The van der Waals surface area contributed by atoms with Gasteiger partial charge in [-0.15, -0.1) is 0 Å². The van der Waals surface area contributed by atoms with Crippen molar-refractivity contribution in [3.8, 4) is 0 Å². The Labute approximate surface area is 105 Å². The maximum Gasteiger partial charge on any atom is 0.257 e. The minimum atomic E-state index is 0.471. The Kier molecular flexibility index (Phi) is 4.38. The summed E-state index contributed by atoms with van der Waals surface area (Å²) in [5, 5.41) is 11.4. The van der Waals surface area contributed by atoms with Gasteiger partial charge in [0.1, 0.15) is 0 Å². The van der Waals surface area contributed by atoms with Crippen molar-refractivity contribution in [2.75, 3.05) is 0 Å². The van der Waals surface area contributed by atoms with Crippen molar-refractivity contribution in [1.82, 2.24) is 0 Å². The summed E-state index contributed by atoms with van der Waals surface area (Å²) in [6.45, 7) is 0.978. The van der Waals surface area contributed by atoms with E-state index >= 15 is 0 Å². The third kappa shape index (κ3) is 3.64. The number of nitrogens with zero attached hydrogens (tertiary/aromatic N) is 3. The maximum absolute atomic E-state index is 8.39. The second-order valence-electron chi connectivity index (χ2n) is 3.74. The van der Waals surface area contributed by atoms with E-state index in [1.54, 1.807) is 0 Å². The summed E-state index contributed by atoms with van der Waals surface area (Å²) < 4.78 is 9.40. The van der Waals surface area contributed by atoms with Crippen LogP contribution in [0.15, 0.2) is 60.3 Å². The van der Waals surface area contributed by atoms with Crippen LogP contribution in [0.2, 0.25) is 0 Å². The van der Waals surface area contributed by atoms with E-state index in [0.717, 1.165) is 5.56 Å². The van der Waals surface area contributed by atoms with Crippen LogP contribution in [0.1, 0.15) is 5.56 Å². The third-order valence-electron chi connectivity index (χ3n) is 2.38. The molecule has 0 amide bonds. The molecule has 2 aromatic rings. The first kappa shape index (κ1) is 12.2. The van der Waals surface area contributed by atoms with E-state index in [0.29, 0.717) is 13.5 Å². The maximum atomic E-state index is 8.39. The first-order valence-electron chi connectivity index (χ1n) is 5.57. The zero-order chi connectivity index (χ0) is 12.6. The molecule has 2 heterocycles. The molecule has 0 aliphatic rings. The van der Waals surface area contributed by atoms with Gasteiger partial charge in [0.25, 0.3) is 13.5 Å². The molecule has 5 heteroatoms. The van der Waals surface area contributed by atoms with E-state index in [1.165, 1.54) is 6.21 Å². The summed E-state index contributed by atoms with van der Waals surface area (Å²) in [6, 6.07) is 9.57. The number of ether oxygens (including phenoxy) is 1. The fourth-order valence-corrected chi connectivity index (χ4v) is 1.48. The molecule has 5 nitrogen and oxygen atoms in total. The lowest BCUT2D eigenvalue weighted by Gasteiger charge is -1.97. The van der Waals surface area contributed by atoms with Crippen LogP contribution in [-0.2, 0) is 18.2 Å². The summed E-state index contributed by atoms with van der Waals surface area (Å²) in [4.78, 5) is 0. The van der Waals surface area contributed by atoms with E-state index in [-0.39, 0.29) is 0 Å². The van der Waals surface area contributed by atoms with Gasteiger partial charge in [0.2, 0.25) is 0 Å². The van der Waals surface area contributed by atoms with Crippen molar-refractivity contribution < 1.29 is 19.1 Å². The van der Waals surface area contributed by atoms with Crippen molar-refractivity contribution in [3.63, 3.8) is 0 Å². The van der Waals surface area contributed by atoms with Gasteiger partial charge in [-0.3, -0.25) is 4.74 Å². The van der Waals surface area contributed by atoms with Crippen molar-refractivity contribution in [2.24, 2.45) is 5.16 Å². The van der Waals surface area contributed by atoms with E-state index in [1.807, 2.05) is 64.3 Å². The number of oxime groups is 1. The smallest absolute Gasteiger partial charge is 0.257 e. The molecule has 0 aromatic carbocycles. The highest BCUT2D eigenvalue weighted by Crippen LogP contribution is 1.90. The Balaban J connectivity index is 1.83. The molecule has 0 saturated heterocycles. The molecule has 1 N–H and O–H groups in total. The molecule has 0 unspecified atom stereocenters. The fourth-order valence-electron chi connectivity index (χ4n) is 1.48. The van der Waals surface area contributed by atoms with Crippen LogP contribution in [0.4, 0.5) is 0 Å². The van der Waals surface area contributed by atoms with Gasteiger partial charge in [-0.1, -0.05) is 11.2 Å². The fraction of sp³-hybridized carbons (Fsp3) is 0.154. The molecule has 2 aromatic heterocycles. The topological polar surface area (TPSA) is 49.6 Å². The normalized spacial score (nSPS) is 10.9. The molecule has 0 spiro atoms. The summed E-state index contributed by atoms with van der Waals surface area (Å²) in [5.74, 6) is 0. The number of aromatic nitrogens is 2. The van der Waals surface area contributed by atoms with Crippen LogP contribution in [0.5, 0.6) is 0 Å². The Morgan fingerprint density at radius 2 is 1.61 bits per heavy atom. The monoisotopic (exact) mass is 245 g/mol. The van der Waals surface area contributed by atoms with E-state index in [9.17, 15) is 0 Å². The zero-order valence-electron chi connectivity index (χ0n) is 9.88. The molecule has 18 heavy (non-hydrogen) atoms. The average molecular weight is 245 g/mol. The highest BCUT2D eigenvalue weighted by molar-refractivity contribution is 5.78.